The van der Waals surface area contributed by atoms with Crippen LogP contribution in [0.3, 0.4) is 0 Å². The van der Waals surface area contributed by atoms with E-state index in [4.69, 9.17) is 9.47 Å². The molecule has 0 unspecified atom stereocenters. The monoisotopic (exact) mass is 479 g/mol. The SMILES string of the molecule is COc1cc(/C=C(\C#N)c2nc3ccccc3[nH]2)cc(Br)c1OC(=O)c1cccs1. The van der Waals surface area contributed by atoms with Crippen LogP contribution in [0, 0.1) is 11.3 Å². The molecule has 0 radical (unpaired) electrons. The lowest BCUT2D eigenvalue weighted by Crippen LogP contribution is -2.08. The number of H-pyrrole nitrogens is 1. The average molecular weight is 480 g/mol. The van der Waals surface area contributed by atoms with Gasteiger partial charge in [0, 0.05) is 0 Å². The Kier molecular flexibility index (Phi) is 5.65. The normalized spacial score (nSPS) is 11.3. The Morgan fingerprint density at radius 3 is 2.80 bits per heavy atom. The molecule has 2 aromatic carbocycles. The van der Waals surface area contributed by atoms with E-state index in [2.05, 4.69) is 32.0 Å². The Labute approximate surface area is 184 Å². The number of thiophene rings is 1. The number of hydrogen-bond acceptors (Lipinski definition) is 6. The summed E-state index contributed by atoms with van der Waals surface area (Å²) in [5.41, 5.74) is 2.68. The summed E-state index contributed by atoms with van der Waals surface area (Å²) in [6.07, 6.45) is 1.69. The third kappa shape index (κ3) is 3.99. The van der Waals surface area contributed by atoms with Crippen LogP contribution in [-0.2, 0) is 0 Å². The van der Waals surface area contributed by atoms with Gasteiger partial charge in [0.2, 0.25) is 0 Å². The number of imidazole rings is 1. The van der Waals surface area contributed by atoms with Gasteiger partial charge in [0.25, 0.3) is 0 Å². The van der Waals surface area contributed by atoms with Crippen molar-refractivity contribution < 1.29 is 14.3 Å². The van der Waals surface area contributed by atoms with Crippen molar-refractivity contribution in [3.8, 4) is 17.6 Å². The van der Waals surface area contributed by atoms with Crippen molar-refractivity contribution in [3.05, 3.63) is 74.6 Å². The molecule has 0 saturated carbocycles. The highest BCUT2D eigenvalue weighted by molar-refractivity contribution is 9.10. The fourth-order valence-electron chi connectivity index (χ4n) is 2.86. The van der Waals surface area contributed by atoms with E-state index in [0.717, 1.165) is 11.0 Å². The van der Waals surface area contributed by atoms with E-state index in [1.165, 1.54) is 18.4 Å². The van der Waals surface area contributed by atoms with Gasteiger partial charge in [-0.25, -0.2) is 9.78 Å². The summed E-state index contributed by atoms with van der Waals surface area (Å²) in [4.78, 5) is 20.4. The van der Waals surface area contributed by atoms with E-state index in [-0.39, 0.29) is 5.75 Å². The maximum Gasteiger partial charge on any atom is 0.353 e. The molecule has 8 heteroatoms. The number of nitrogens with one attached hydrogen (secondary N) is 1. The Balaban J connectivity index is 1.69. The highest BCUT2D eigenvalue weighted by atomic mass is 79.9. The molecule has 0 amide bonds. The lowest BCUT2D eigenvalue weighted by molar-refractivity contribution is 0.0733. The minimum absolute atomic E-state index is 0.273. The van der Waals surface area contributed by atoms with Gasteiger partial charge in [0.15, 0.2) is 11.5 Å². The molecule has 0 saturated heterocycles. The summed E-state index contributed by atoms with van der Waals surface area (Å²) in [5, 5.41) is 11.5. The second-order valence-corrected chi connectivity index (χ2v) is 7.98. The Hall–Kier alpha value is -3.41. The van der Waals surface area contributed by atoms with Gasteiger partial charge in [-0.15, -0.1) is 11.3 Å². The summed E-state index contributed by atoms with van der Waals surface area (Å²) in [6, 6.07) is 16.7. The number of aromatic nitrogens is 2. The number of hydrogen-bond donors (Lipinski definition) is 1. The molecule has 148 valence electrons. The molecule has 4 aromatic rings. The largest absolute Gasteiger partial charge is 0.493 e. The first-order valence-electron chi connectivity index (χ1n) is 8.79. The fourth-order valence-corrected chi connectivity index (χ4v) is 4.00. The van der Waals surface area contributed by atoms with Gasteiger partial charge in [0.05, 0.1) is 28.2 Å². The first-order valence-corrected chi connectivity index (χ1v) is 10.5. The van der Waals surface area contributed by atoms with Gasteiger partial charge in [-0.2, -0.15) is 5.26 Å². The average Bonchev–Trinajstić information content (AvgIpc) is 3.43. The van der Waals surface area contributed by atoms with Gasteiger partial charge >= 0.3 is 5.97 Å². The van der Waals surface area contributed by atoms with Crippen LogP contribution in [0.1, 0.15) is 21.1 Å². The standard InChI is InChI=1S/C22H14BrN3O3S/c1-28-18-11-13(10-15(23)20(18)29-22(27)19-7-4-8-30-19)9-14(12-24)21-25-16-5-2-3-6-17(16)26-21/h2-11H,1H3,(H,25,26)/b14-9+. The topological polar surface area (TPSA) is 88.0 Å². The van der Waals surface area contributed by atoms with Crippen LogP contribution >= 0.6 is 27.3 Å². The number of halogens is 1. The van der Waals surface area contributed by atoms with Crippen LogP contribution in [0.15, 0.2) is 58.4 Å². The lowest BCUT2D eigenvalue weighted by Gasteiger charge is -2.12. The molecular weight excluding hydrogens is 466 g/mol. The number of ether oxygens (including phenoxy) is 2. The number of carbonyl (C=O) groups excluding carboxylic acids is 1. The smallest absolute Gasteiger partial charge is 0.353 e. The van der Waals surface area contributed by atoms with Crippen molar-refractivity contribution in [2.24, 2.45) is 0 Å². The number of esters is 1. The zero-order valence-corrected chi connectivity index (χ0v) is 18.1. The summed E-state index contributed by atoms with van der Waals surface area (Å²) in [6.45, 7) is 0. The Bertz CT molecular complexity index is 1270. The molecule has 6 nitrogen and oxygen atoms in total. The molecule has 0 bridgehead atoms. The minimum Gasteiger partial charge on any atom is -0.493 e. The third-order valence-corrected chi connectivity index (χ3v) is 5.68. The predicted octanol–water partition coefficient (Wildman–Crippen LogP) is 5.68. The quantitative estimate of drug-likeness (QED) is 0.226. The summed E-state index contributed by atoms with van der Waals surface area (Å²) in [7, 11) is 1.49. The molecule has 0 atom stereocenters. The van der Waals surface area contributed by atoms with Gasteiger partial charge in [-0.1, -0.05) is 18.2 Å². The molecule has 0 aliphatic carbocycles. The Morgan fingerprint density at radius 2 is 2.10 bits per heavy atom. The van der Waals surface area contributed by atoms with Crippen LogP contribution in [0.25, 0.3) is 22.7 Å². The van der Waals surface area contributed by atoms with Crippen molar-refractivity contribution in [1.82, 2.24) is 9.97 Å². The zero-order valence-electron chi connectivity index (χ0n) is 15.7. The van der Waals surface area contributed by atoms with Gasteiger partial charge in [-0.3, -0.25) is 0 Å². The summed E-state index contributed by atoms with van der Waals surface area (Å²) < 4.78 is 11.5. The number of allylic oxidation sites excluding steroid dienone is 1. The minimum atomic E-state index is -0.465. The zero-order chi connectivity index (χ0) is 21.1. The molecule has 2 heterocycles. The number of benzene rings is 2. The second kappa shape index (κ2) is 8.53. The van der Waals surface area contributed by atoms with E-state index in [1.807, 2.05) is 24.3 Å². The van der Waals surface area contributed by atoms with E-state index < -0.39 is 5.97 Å². The molecular formula is C22H14BrN3O3S. The van der Waals surface area contributed by atoms with E-state index in [1.54, 1.807) is 35.7 Å². The highest BCUT2D eigenvalue weighted by Crippen LogP contribution is 2.38. The first-order chi connectivity index (χ1) is 14.6. The number of nitriles is 1. The highest BCUT2D eigenvalue weighted by Gasteiger charge is 2.18. The number of aromatic amines is 1. The van der Waals surface area contributed by atoms with Crippen molar-refractivity contribution in [1.29, 1.82) is 5.26 Å². The van der Waals surface area contributed by atoms with Crippen LogP contribution < -0.4 is 9.47 Å². The molecule has 0 aliphatic rings. The molecule has 0 fully saturated rings. The van der Waals surface area contributed by atoms with E-state index in [0.29, 0.717) is 32.1 Å². The van der Waals surface area contributed by atoms with Crippen LogP contribution in [0.4, 0.5) is 0 Å². The predicted molar refractivity (Wildman–Crippen MR) is 120 cm³/mol. The molecule has 4 rings (SSSR count). The summed E-state index contributed by atoms with van der Waals surface area (Å²) >= 11 is 4.73. The Morgan fingerprint density at radius 1 is 1.27 bits per heavy atom. The molecule has 30 heavy (non-hydrogen) atoms. The second-order valence-electron chi connectivity index (χ2n) is 6.17. The lowest BCUT2D eigenvalue weighted by atomic mass is 10.1. The maximum atomic E-state index is 12.3. The number of methoxy groups -OCH3 is 1. The van der Waals surface area contributed by atoms with E-state index in [9.17, 15) is 10.1 Å². The number of nitrogens with zero attached hydrogens (tertiary/aromatic N) is 2. The summed E-state index contributed by atoms with van der Waals surface area (Å²) in [5.74, 6) is 0.645. The fraction of sp³-hybridized carbons (Fsp3) is 0.0455. The number of para-hydroxylation sites is 2. The molecule has 0 spiro atoms. The number of fused-ring (bicyclic) bond motifs is 1. The molecule has 2 aromatic heterocycles. The van der Waals surface area contributed by atoms with Crippen molar-refractivity contribution in [3.63, 3.8) is 0 Å². The van der Waals surface area contributed by atoms with Gasteiger partial charge in [-0.05, 0) is 63.3 Å². The molecule has 1 N–H and O–H groups in total. The van der Waals surface area contributed by atoms with Crippen molar-refractivity contribution in [2.45, 2.75) is 0 Å². The van der Waals surface area contributed by atoms with Crippen molar-refractivity contribution in [2.75, 3.05) is 7.11 Å². The number of carbonyl (C=O) groups is 1. The van der Waals surface area contributed by atoms with Crippen LogP contribution in [0.5, 0.6) is 11.5 Å². The van der Waals surface area contributed by atoms with Gasteiger partial charge < -0.3 is 14.5 Å². The first kappa shape index (κ1) is 19.9. The van der Waals surface area contributed by atoms with Gasteiger partial charge in [0.1, 0.15) is 16.8 Å². The van der Waals surface area contributed by atoms with Crippen LogP contribution in [0.2, 0.25) is 0 Å². The van der Waals surface area contributed by atoms with Crippen molar-refractivity contribution >= 4 is 55.9 Å². The third-order valence-electron chi connectivity index (χ3n) is 4.24. The van der Waals surface area contributed by atoms with Crippen LogP contribution in [-0.4, -0.2) is 23.0 Å². The molecule has 0 aliphatic heterocycles. The maximum absolute atomic E-state index is 12.3. The number of rotatable bonds is 5. The van der Waals surface area contributed by atoms with E-state index >= 15 is 0 Å².